The fraction of sp³-hybridized carbons (Fsp3) is 0.786. The fourth-order valence-electron chi connectivity index (χ4n) is 2.91. The second-order valence-corrected chi connectivity index (χ2v) is 5.96. The molecule has 0 amide bonds. The molecule has 0 aliphatic heterocycles. The van der Waals surface area contributed by atoms with E-state index in [9.17, 15) is 15.2 Å². The summed E-state index contributed by atoms with van der Waals surface area (Å²) in [5.41, 5.74) is -0.0486. The molecule has 3 atom stereocenters. The first kappa shape index (κ1) is 15.9. The molecule has 1 aromatic heterocycles. The van der Waals surface area contributed by atoms with Crippen LogP contribution in [0.3, 0.4) is 0 Å². The molecule has 0 saturated heterocycles. The van der Waals surface area contributed by atoms with E-state index in [2.05, 4.69) is 17.3 Å². The molecule has 1 heterocycles. The Morgan fingerprint density at radius 2 is 2.29 bits per heavy atom. The largest absolute Gasteiger partial charge is 0.390 e. The Labute approximate surface area is 124 Å². The third-order valence-electron chi connectivity index (χ3n) is 4.21. The van der Waals surface area contributed by atoms with Crippen molar-refractivity contribution in [2.24, 2.45) is 5.92 Å². The van der Waals surface area contributed by atoms with Crippen LogP contribution in [0.4, 0.5) is 5.69 Å². The Kier molecular flexibility index (Phi) is 5.69. The minimum atomic E-state index is -0.597. The topological polar surface area (TPSA) is 93.2 Å². The molecule has 3 unspecified atom stereocenters. The Balaban J connectivity index is 1.78. The summed E-state index contributed by atoms with van der Waals surface area (Å²) >= 11 is 0. The zero-order chi connectivity index (χ0) is 15.2. The van der Waals surface area contributed by atoms with Crippen LogP contribution in [0.5, 0.6) is 0 Å². The van der Waals surface area contributed by atoms with Crippen molar-refractivity contribution in [1.82, 2.24) is 15.1 Å². The molecular formula is C14H24N4O3. The molecule has 0 radical (unpaired) electrons. The highest BCUT2D eigenvalue weighted by atomic mass is 16.6. The average molecular weight is 296 g/mol. The van der Waals surface area contributed by atoms with Crippen LogP contribution < -0.4 is 5.32 Å². The lowest BCUT2D eigenvalue weighted by atomic mass is 9.97. The highest BCUT2D eigenvalue weighted by molar-refractivity contribution is 5.20. The van der Waals surface area contributed by atoms with E-state index in [1.165, 1.54) is 42.8 Å². The standard InChI is InChI=1S/C14H24N4O3/c1-11-5-3-2-4-6-14(11)15-8-13(19)10-17-9-12(7-16-17)18(20)21/h7,9,11,13-15,19H,2-6,8,10H2,1H3. The predicted octanol–water partition coefficient (Wildman–Crippen LogP) is 1.71. The van der Waals surface area contributed by atoms with Gasteiger partial charge in [0.2, 0.25) is 0 Å². The van der Waals surface area contributed by atoms with E-state index in [1.54, 1.807) is 0 Å². The molecule has 1 aromatic rings. The fourth-order valence-corrected chi connectivity index (χ4v) is 2.91. The first-order valence-electron chi connectivity index (χ1n) is 7.64. The van der Waals surface area contributed by atoms with Crippen LogP contribution in [0.1, 0.15) is 39.0 Å². The van der Waals surface area contributed by atoms with E-state index in [4.69, 9.17) is 0 Å². The molecule has 1 aliphatic rings. The van der Waals surface area contributed by atoms with Gasteiger partial charge in [0.25, 0.3) is 0 Å². The second kappa shape index (κ2) is 7.51. The predicted molar refractivity (Wildman–Crippen MR) is 78.9 cm³/mol. The van der Waals surface area contributed by atoms with Gasteiger partial charge in [0.05, 0.1) is 17.6 Å². The van der Waals surface area contributed by atoms with E-state index < -0.39 is 11.0 Å². The molecule has 0 spiro atoms. The van der Waals surface area contributed by atoms with Gasteiger partial charge in [0.15, 0.2) is 0 Å². The summed E-state index contributed by atoms with van der Waals surface area (Å²) in [5, 5.41) is 27.9. The number of aliphatic hydroxyl groups is 1. The van der Waals surface area contributed by atoms with Gasteiger partial charge in [-0.05, 0) is 18.8 Å². The summed E-state index contributed by atoms with van der Waals surface area (Å²) in [7, 11) is 0. The van der Waals surface area contributed by atoms with E-state index in [0.29, 0.717) is 18.5 Å². The summed E-state index contributed by atoms with van der Waals surface area (Å²) in [4.78, 5) is 10.1. The SMILES string of the molecule is CC1CCCCCC1NCC(O)Cn1cc([N+](=O)[O-])cn1. The summed E-state index contributed by atoms with van der Waals surface area (Å²) in [6.07, 6.45) is 8.16. The number of nitrogens with zero attached hydrogens (tertiary/aromatic N) is 3. The monoisotopic (exact) mass is 296 g/mol. The van der Waals surface area contributed by atoms with E-state index in [1.807, 2.05) is 0 Å². The maximum atomic E-state index is 10.6. The molecule has 7 heteroatoms. The zero-order valence-corrected chi connectivity index (χ0v) is 12.4. The third-order valence-corrected chi connectivity index (χ3v) is 4.21. The minimum absolute atomic E-state index is 0.0486. The lowest BCUT2D eigenvalue weighted by Crippen LogP contribution is -2.40. The molecule has 1 saturated carbocycles. The van der Waals surface area contributed by atoms with Crippen LogP contribution in [-0.4, -0.2) is 38.5 Å². The van der Waals surface area contributed by atoms with Crippen LogP contribution in [0.2, 0.25) is 0 Å². The molecule has 7 nitrogen and oxygen atoms in total. The maximum absolute atomic E-state index is 10.6. The van der Waals surface area contributed by atoms with E-state index in [-0.39, 0.29) is 12.2 Å². The van der Waals surface area contributed by atoms with Crippen molar-refractivity contribution >= 4 is 5.69 Å². The van der Waals surface area contributed by atoms with Crippen LogP contribution in [0, 0.1) is 16.0 Å². The van der Waals surface area contributed by atoms with Gasteiger partial charge in [-0.15, -0.1) is 0 Å². The van der Waals surface area contributed by atoms with Gasteiger partial charge in [-0.1, -0.05) is 26.2 Å². The van der Waals surface area contributed by atoms with Crippen molar-refractivity contribution in [2.45, 2.75) is 57.7 Å². The average Bonchev–Trinajstić information content (AvgIpc) is 2.80. The van der Waals surface area contributed by atoms with E-state index >= 15 is 0 Å². The summed E-state index contributed by atoms with van der Waals surface area (Å²) in [6.45, 7) is 3.01. The van der Waals surface area contributed by atoms with Crippen molar-refractivity contribution in [3.05, 3.63) is 22.5 Å². The van der Waals surface area contributed by atoms with Crippen LogP contribution >= 0.6 is 0 Å². The normalized spacial score (nSPS) is 24.5. The number of hydrogen-bond donors (Lipinski definition) is 2. The number of nitrogens with one attached hydrogen (secondary N) is 1. The van der Waals surface area contributed by atoms with Crippen molar-refractivity contribution in [3.8, 4) is 0 Å². The molecular weight excluding hydrogens is 272 g/mol. The molecule has 2 N–H and O–H groups in total. The smallest absolute Gasteiger partial charge is 0.306 e. The number of hydrogen-bond acceptors (Lipinski definition) is 5. The Hall–Kier alpha value is -1.47. The first-order chi connectivity index (χ1) is 10.1. The Morgan fingerprint density at radius 1 is 1.52 bits per heavy atom. The molecule has 0 bridgehead atoms. The highest BCUT2D eigenvalue weighted by Gasteiger charge is 2.20. The molecule has 118 valence electrons. The molecule has 0 aromatic carbocycles. The van der Waals surface area contributed by atoms with Gasteiger partial charge in [-0.2, -0.15) is 5.10 Å². The summed E-state index contributed by atoms with van der Waals surface area (Å²) in [6, 6.07) is 0.453. The second-order valence-electron chi connectivity index (χ2n) is 5.96. The van der Waals surface area contributed by atoms with Gasteiger partial charge >= 0.3 is 5.69 Å². The third kappa shape index (κ3) is 4.78. The Bertz CT molecular complexity index is 463. The molecule has 1 fully saturated rings. The zero-order valence-electron chi connectivity index (χ0n) is 12.4. The van der Waals surface area contributed by atoms with Crippen LogP contribution in [0.25, 0.3) is 0 Å². The minimum Gasteiger partial charge on any atom is -0.390 e. The number of nitro groups is 1. The number of rotatable bonds is 6. The number of aliphatic hydroxyl groups excluding tert-OH is 1. The van der Waals surface area contributed by atoms with Gasteiger partial charge in [-0.25, -0.2) is 0 Å². The molecule has 21 heavy (non-hydrogen) atoms. The lowest BCUT2D eigenvalue weighted by molar-refractivity contribution is -0.385. The van der Waals surface area contributed by atoms with Gasteiger partial charge in [-0.3, -0.25) is 14.8 Å². The van der Waals surface area contributed by atoms with Gasteiger partial charge in [0.1, 0.15) is 12.4 Å². The van der Waals surface area contributed by atoms with Crippen LogP contribution in [0.15, 0.2) is 12.4 Å². The van der Waals surface area contributed by atoms with Crippen LogP contribution in [-0.2, 0) is 6.54 Å². The molecule has 1 aliphatic carbocycles. The highest BCUT2D eigenvalue weighted by Crippen LogP contribution is 2.22. The van der Waals surface area contributed by atoms with Crippen molar-refractivity contribution in [1.29, 1.82) is 0 Å². The van der Waals surface area contributed by atoms with Gasteiger partial charge in [0, 0.05) is 12.6 Å². The lowest BCUT2D eigenvalue weighted by Gasteiger charge is -2.24. The first-order valence-corrected chi connectivity index (χ1v) is 7.64. The van der Waals surface area contributed by atoms with Gasteiger partial charge < -0.3 is 10.4 Å². The van der Waals surface area contributed by atoms with Crippen molar-refractivity contribution in [2.75, 3.05) is 6.54 Å². The maximum Gasteiger partial charge on any atom is 0.306 e. The quantitative estimate of drug-likeness (QED) is 0.473. The van der Waals surface area contributed by atoms with Crippen molar-refractivity contribution < 1.29 is 10.0 Å². The van der Waals surface area contributed by atoms with E-state index in [0.717, 1.165) is 6.42 Å². The number of aromatic nitrogens is 2. The molecule has 2 rings (SSSR count). The summed E-state index contributed by atoms with van der Waals surface area (Å²) in [5.74, 6) is 0.630. The summed E-state index contributed by atoms with van der Waals surface area (Å²) < 4.78 is 1.42. The van der Waals surface area contributed by atoms with Crippen molar-refractivity contribution in [3.63, 3.8) is 0 Å². The Morgan fingerprint density at radius 3 is 3.00 bits per heavy atom.